The number of carbonyl (C=O) groups is 1. The second-order valence-electron chi connectivity index (χ2n) is 6.18. The van der Waals surface area contributed by atoms with Crippen molar-refractivity contribution in [3.8, 4) is 5.75 Å². The number of halogens is 3. The van der Waals surface area contributed by atoms with Crippen LogP contribution in [0.3, 0.4) is 0 Å². The summed E-state index contributed by atoms with van der Waals surface area (Å²) < 4.78 is 41.5. The highest BCUT2D eigenvalue weighted by molar-refractivity contribution is 6.06. The Balaban J connectivity index is 1.81. The number of rotatable bonds is 2. The first-order valence-corrected chi connectivity index (χ1v) is 8.08. The van der Waals surface area contributed by atoms with Crippen LogP contribution in [0.5, 0.6) is 5.75 Å². The van der Waals surface area contributed by atoms with Crippen LogP contribution in [0.25, 0.3) is 10.8 Å². The minimum Gasteiger partial charge on any atom is -0.406 e. The molecule has 3 nitrogen and oxygen atoms in total. The monoisotopic (exact) mass is 357 g/mol. The van der Waals surface area contributed by atoms with Gasteiger partial charge in [0.25, 0.3) is 0 Å². The predicted octanol–water partition coefficient (Wildman–Crippen LogP) is 5.21. The topological polar surface area (TPSA) is 38.3 Å². The maximum atomic E-state index is 12.5. The number of hydrogen-bond donors (Lipinski definition) is 1. The van der Waals surface area contributed by atoms with E-state index >= 15 is 0 Å². The Labute approximate surface area is 147 Å². The number of amides is 1. The van der Waals surface area contributed by atoms with E-state index < -0.39 is 6.36 Å². The van der Waals surface area contributed by atoms with Crippen LogP contribution in [0.4, 0.5) is 18.9 Å². The Bertz CT molecular complexity index is 998. The van der Waals surface area contributed by atoms with Crippen LogP contribution in [0.15, 0.2) is 60.7 Å². The number of anilines is 1. The Hall–Kier alpha value is -3.02. The van der Waals surface area contributed by atoms with E-state index in [9.17, 15) is 18.0 Å². The SMILES string of the molecule is O=C1CC(c2cccc(OC(F)(F)F)c2)c2ccc3ccccc3c2N1. The van der Waals surface area contributed by atoms with Crippen molar-refractivity contribution in [2.45, 2.75) is 18.7 Å². The van der Waals surface area contributed by atoms with Crippen molar-refractivity contribution in [1.29, 1.82) is 0 Å². The van der Waals surface area contributed by atoms with E-state index in [1.54, 1.807) is 6.07 Å². The van der Waals surface area contributed by atoms with Crippen LogP contribution in [0, 0.1) is 0 Å². The molecule has 0 aromatic heterocycles. The molecule has 1 aliphatic rings. The lowest BCUT2D eigenvalue weighted by atomic mass is 9.83. The third-order valence-electron chi connectivity index (χ3n) is 4.48. The Kier molecular flexibility index (Phi) is 3.83. The normalized spacial score (nSPS) is 16.9. The van der Waals surface area contributed by atoms with Crippen LogP contribution >= 0.6 is 0 Å². The standard InChI is InChI=1S/C20H14F3NO2/c21-20(22,23)26-14-6-3-5-13(10-14)17-11-18(25)24-19-15-7-2-1-4-12(15)8-9-16(17)19/h1-10,17H,11H2,(H,24,25). The van der Waals surface area contributed by atoms with Gasteiger partial charge in [0, 0.05) is 17.7 Å². The number of fused-ring (bicyclic) bond motifs is 3. The van der Waals surface area contributed by atoms with Crippen molar-refractivity contribution in [3.63, 3.8) is 0 Å². The maximum Gasteiger partial charge on any atom is 0.573 e. The summed E-state index contributed by atoms with van der Waals surface area (Å²) in [6.07, 6.45) is -4.59. The zero-order valence-electron chi connectivity index (χ0n) is 13.5. The molecule has 0 aliphatic carbocycles. The molecule has 1 amide bonds. The number of carbonyl (C=O) groups excluding carboxylic acids is 1. The summed E-state index contributed by atoms with van der Waals surface area (Å²) in [4.78, 5) is 12.2. The van der Waals surface area contributed by atoms with Gasteiger partial charge >= 0.3 is 6.36 Å². The number of benzene rings is 3. The molecule has 26 heavy (non-hydrogen) atoms. The van der Waals surface area contributed by atoms with Gasteiger partial charge in [-0.05, 0) is 28.6 Å². The average Bonchev–Trinajstić information content (AvgIpc) is 2.59. The fraction of sp³-hybridized carbons (Fsp3) is 0.150. The Morgan fingerprint density at radius 1 is 1.00 bits per heavy atom. The third kappa shape index (κ3) is 3.10. The molecule has 1 heterocycles. The highest BCUT2D eigenvalue weighted by atomic mass is 19.4. The molecule has 1 atom stereocenters. The summed E-state index contributed by atoms with van der Waals surface area (Å²) in [5.41, 5.74) is 2.21. The van der Waals surface area contributed by atoms with Crippen molar-refractivity contribution in [2.24, 2.45) is 0 Å². The Morgan fingerprint density at radius 3 is 2.62 bits per heavy atom. The molecule has 3 aromatic carbocycles. The van der Waals surface area contributed by atoms with Crippen LogP contribution < -0.4 is 10.1 Å². The van der Waals surface area contributed by atoms with Gasteiger partial charge < -0.3 is 10.1 Å². The van der Waals surface area contributed by atoms with Crippen molar-refractivity contribution in [2.75, 3.05) is 5.32 Å². The lowest BCUT2D eigenvalue weighted by Crippen LogP contribution is -2.24. The van der Waals surface area contributed by atoms with Crippen molar-refractivity contribution < 1.29 is 22.7 Å². The molecule has 4 rings (SSSR count). The second kappa shape index (κ2) is 6.05. The molecule has 0 saturated carbocycles. The van der Waals surface area contributed by atoms with Crippen LogP contribution in [-0.4, -0.2) is 12.3 Å². The van der Waals surface area contributed by atoms with Crippen LogP contribution in [-0.2, 0) is 4.79 Å². The van der Waals surface area contributed by atoms with Gasteiger partial charge in [-0.3, -0.25) is 4.79 Å². The molecule has 0 bridgehead atoms. The first kappa shape index (κ1) is 16.4. The van der Waals surface area contributed by atoms with Crippen molar-refractivity contribution in [1.82, 2.24) is 0 Å². The smallest absolute Gasteiger partial charge is 0.406 e. The van der Waals surface area contributed by atoms with Crippen molar-refractivity contribution >= 4 is 22.4 Å². The second-order valence-corrected chi connectivity index (χ2v) is 6.18. The minimum atomic E-state index is -4.75. The van der Waals surface area contributed by atoms with Gasteiger partial charge in [0.2, 0.25) is 5.91 Å². The van der Waals surface area contributed by atoms with Crippen LogP contribution in [0.2, 0.25) is 0 Å². The highest BCUT2D eigenvalue weighted by Gasteiger charge is 2.32. The van der Waals surface area contributed by atoms with Gasteiger partial charge in [-0.25, -0.2) is 0 Å². The minimum absolute atomic E-state index is 0.166. The lowest BCUT2D eigenvalue weighted by molar-refractivity contribution is -0.274. The largest absolute Gasteiger partial charge is 0.573 e. The fourth-order valence-corrected chi connectivity index (χ4v) is 3.43. The highest BCUT2D eigenvalue weighted by Crippen LogP contribution is 2.41. The molecule has 6 heteroatoms. The lowest BCUT2D eigenvalue weighted by Gasteiger charge is -2.27. The summed E-state index contributed by atoms with van der Waals surface area (Å²) in [6.45, 7) is 0. The van der Waals surface area contributed by atoms with E-state index in [4.69, 9.17) is 0 Å². The molecule has 132 valence electrons. The van der Waals surface area contributed by atoms with Gasteiger partial charge in [-0.15, -0.1) is 13.2 Å². The molecule has 1 N–H and O–H groups in total. The molecular weight excluding hydrogens is 343 g/mol. The fourth-order valence-electron chi connectivity index (χ4n) is 3.43. The Morgan fingerprint density at radius 2 is 1.81 bits per heavy atom. The molecule has 0 fully saturated rings. The molecule has 3 aromatic rings. The van der Waals surface area contributed by atoms with Crippen molar-refractivity contribution in [3.05, 3.63) is 71.8 Å². The third-order valence-corrected chi connectivity index (χ3v) is 4.48. The number of hydrogen-bond acceptors (Lipinski definition) is 2. The van der Waals surface area contributed by atoms with E-state index in [-0.39, 0.29) is 24.0 Å². The van der Waals surface area contributed by atoms with Gasteiger partial charge in [0.05, 0.1) is 5.69 Å². The molecule has 1 aliphatic heterocycles. The van der Waals surface area contributed by atoms with E-state index in [1.165, 1.54) is 18.2 Å². The summed E-state index contributed by atoms with van der Waals surface area (Å²) >= 11 is 0. The van der Waals surface area contributed by atoms with E-state index in [0.29, 0.717) is 11.3 Å². The maximum absolute atomic E-state index is 12.5. The quantitative estimate of drug-likeness (QED) is 0.683. The van der Waals surface area contributed by atoms with Gasteiger partial charge in [-0.1, -0.05) is 48.5 Å². The van der Waals surface area contributed by atoms with Gasteiger partial charge in [0.15, 0.2) is 0 Å². The zero-order valence-corrected chi connectivity index (χ0v) is 13.5. The van der Waals surface area contributed by atoms with E-state index in [2.05, 4.69) is 10.1 Å². The first-order valence-electron chi connectivity index (χ1n) is 8.08. The molecule has 1 unspecified atom stereocenters. The predicted molar refractivity (Wildman–Crippen MR) is 92.2 cm³/mol. The summed E-state index contributed by atoms with van der Waals surface area (Å²) in [7, 11) is 0. The van der Waals surface area contributed by atoms with Crippen LogP contribution in [0.1, 0.15) is 23.5 Å². The average molecular weight is 357 g/mol. The molecule has 0 saturated heterocycles. The number of alkyl halides is 3. The van der Waals surface area contributed by atoms with E-state index in [0.717, 1.165) is 16.3 Å². The zero-order chi connectivity index (χ0) is 18.3. The van der Waals surface area contributed by atoms with Gasteiger partial charge in [0.1, 0.15) is 5.75 Å². The van der Waals surface area contributed by atoms with Gasteiger partial charge in [-0.2, -0.15) is 0 Å². The number of ether oxygens (including phenoxy) is 1. The number of nitrogens with one attached hydrogen (secondary N) is 1. The van der Waals surface area contributed by atoms with E-state index in [1.807, 2.05) is 36.4 Å². The summed E-state index contributed by atoms with van der Waals surface area (Å²) in [5.74, 6) is -0.788. The molecule has 0 radical (unpaired) electrons. The summed E-state index contributed by atoms with van der Waals surface area (Å²) in [6, 6.07) is 17.3. The summed E-state index contributed by atoms with van der Waals surface area (Å²) in [5, 5.41) is 4.80. The molecule has 0 spiro atoms. The first-order chi connectivity index (χ1) is 12.4. The molecular formula is C20H14F3NO2.